The Morgan fingerprint density at radius 3 is 2.50 bits per heavy atom. The molecular formula is C14H18N2O2. The third kappa shape index (κ3) is 1.82. The molecule has 4 nitrogen and oxygen atoms in total. The van der Waals surface area contributed by atoms with E-state index in [4.69, 9.17) is 0 Å². The molecule has 1 aliphatic heterocycles. The number of hydrogen-bond donors (Lipinski definition) is 2. The molecule has 0 aliphatic carbocycles. The normalized spacial score (nSPS) is 26.4. The Balaban J connectivity index is 2.41. The van der Waals surface area contributed by atoms with Gasteiger partial charge in [-0.1, -0.05) is 30.3 Å². The predicted molar refractivity (Wildman–Crippen MR) is 70.1 cm³/mol. The van der Waals surface area contributed by atoms with E-state index >= 15 is 0 Å². The van der Waals surface area contributed by atoms with Crippen LogP contribution in [0, 0.1) is 5.41 Å². The minimum atomic E-state index is -1.25. The summed E-state index contributed by atoms with van der Waals surface area (Å²) in [6, 6.07) is 9.64. The van der Waals surface area contributed by atoms with Gasteiger partial charge in [0.15, 0.2) is 0 Å². The lowest BCUT2D eigenvalue weighted by molar-refractivity contribution is -0.141. The standard InChI is InChI=1S/C14H18N2O2/c1-10-14(18,9-11-7-5-4-6-8-11)13(2,3)12(17)16-15-10/h4-8,18H,9H2,1-3H3,(H,16,17). The Hall–Kier alpha value is -1.68. The second kappa shape index (κ2) is 4.21. The lowest BCUT2D eigenvalue weighted by Gasteiger charge is -2.43. The molecule has 0 saturated carbocycles. The van der Waals surface area contributed by atoms with Gasteiger partial charge in [-0.25, -0.2) is 5.43 Å². The smallest absolute Gasteiger partial charge is 0.249 e. The van der Waals surface area contributed by atoms with Gasteiger partial charge in [0.25, 0.3) is 0 Å². The van der Waals surface area contributed by atoms with Crippen LogP contribution in [0.3, 0.4) is 0 Å². The van der Waals surface area contributed by atoms with Crippen LogP contribution in [0.5, 0.6) is 0 Å². The van der Waals surface area contributed by atoms with Crippen LogP contribution < -0.4 is 5.43 Å². The van der Waals surface area contributed by atoms with E-state index in [0.717, 1.165) is 5.56 Å². The van der Waals surface area contributed by atoms with Crippen molar-refractivity contribution in [1.29, 1.82) is 0 Å². The van der Waals surface area contributed by atoms with Crippen LogP contribution in [0.4, 0.5) is 0 Å². The van der Waals surface area contributed by atoms with Gasteiger partial charge >= 0.3 is 0 Å². The molecule has 2 N–H and O–H groups in total. The van der Waals surface area contributed by atoms with Crippen LogP contribution in [0.25, 0.3) is 0 Å². The lowest BCUT2D eigenvalue weighted by Crippen LogP contribution is -2.61. The van der Waals surface area contributed by atoms with Crippen molar-refractivity contribution in [2.75, 3.05) is 0 Å². The molecular weight excluding hydrogens is 228 g/mol. The highest BCUT2D eigenvalue weighted by atomic mass is 16.3. The summed E-state index contributed by atoms with van der Waals surface area (Å²) < 4.78 is 0. The molecule has 2 rings (SSSR count). The Bertz CT molecular complexity index is 494. The summed E-state index contributed by atoms with van der Waals surface area (Å²) in [5, 5.41) is 14.8. The molecule has 1 atom stereocenters. The number of carbonyl (C=O) groups is 1. The van der Waals surface area contributed by atoms with Gasteiger partial charge < -0.3 is 5.11 Å². The molecule has 0 bridgehead atoms. The molecule has 1 heterocycles. The molecule has 0 fully saturated rings. The summed E-state index contributed by atoms with van der Waals surface area (Å²) in [5.41, 5.74) is 1.81. The van der Waals surface area contributed by atoms with Gasteiger partial charge in [0.1, 0.15) is 5.60 Å². The quantitative estimate of drug-likeness (QED) is 0.830. The Labute approximate surface area is 107 Å². The van der Waals surface area contributed by atoms with Gasteiger partial charge in [0, 0.05) is 6.42 Å². The number of hydrogen-bond acceptors (Lipinski definition) is 3. The van der Waals surface area contributed by atoms with Crippen LogP contribution in [-0.4, -0.2) is 22.3 Å². The van der Waals surface area contributed by atoms with Gasteiger partial charge in [-0.05, 0) is 26.3 Å². The summed E-state index contributed by atoms with van der Waals surface area (Å²) in [5.74, 6) is -0.258. The summed E-state index contributed by atoms with van der Waals surface area (Å²) >= 11 is 0. The lowest BCUT2D eigenvalue weighted by atomic mass is 9.68. The number of aliphatic hydroxyl groups is 1. The number of nitrogens with zero attached hydrogens (tertiary/aromatic N) is 1. The third-order valence-corrected chi connectivity index (χ3v) is 3.83. The van der Waals surface area contributed by atoms with Gasteiger partial charge in [-0.3, -0.25) is 4.79 Å². The number of carbonyl (C=O) groups excluding carboxylic acids is 1. The van der Waals surface area contributed by atoms with Gasteiger partial charge in [-0.2, -0.15) is 5.10 Å². The van der Waals surface area contributed by atoms with E-state index in [1.165, 1.54) is 0 Å². The van der Waals surface area contributed by atoms with Crippen LogP contribution in [0.1, 0.15) is 26.3 Å². The van der Waals surface area contributed by atoms with Crippen molar-refractivity contribution in [3.63, 3.8) is 0 Å². The molecule has 1 unspecified atom stereocenters. The molecule has 0 spiro atoms. The largest absolute Gasteiger partial charge is 0.382 e. The summed E-state index contributed by atoms with van der Waals surface area (Å²) in [4.78, 5) is 11.9. The van der Waals surface area contributed by atoms with Crippen molar-refractivity contribution in [3.05, 3.63) is 35.9 Å². The van der Waals surface area contributed by atoms with E-state index in [0.29, 0.717) is 12.1 Å². The van der Waals surface area contributed by atoms with Crippen molar-refractivity contribution < 1.29 is 9.90 Å². The molecule has 4 heteroatoms. The van der Waals surface area contributed by atoms with Gasteiger partial charge in [0.05, 0.1) is 11.1 Å². The number of amides is 1. The maximum atomic E-state index is 11.9. The predicted octanol–water partition coefficient (Wildman–Crippen LogP) is 1.49. The zero-order valence-corrected chi connectivity index (χ0v) is 10.9. The molecule has 18 heavy (non-hydrogen) atoms. The van der Waals surface area contributed by atoms with E-state index in [2.05, 4.69) is 10.5 Å². The maximum Gasteiger partial charge on any atom is 0.249 e. The molecule has 1 amide bonds. The Kier molecular flexibility index (Phi) is 2.99. The number of nitrogens with one attached hydrogen (secondary N) is 1. The first kappa shape index (κ1) is 12.8. The fraction of sp³-hybridized carbons (Fsp3) is 0.429. The minimum absolute atomic E-state index is 0.258. The first-order valence-electron chi connectivity index (χ1n) is 5.99. The molecule has 1 aliphatic rings. The first-order valence-corrected chi connectivity index (χ1v) is 5.99. The molecule has 0 saturated heterocycles. The van der Waals surface area contributed by atoms with Crippen LogP contribution in [0.2, 0.25) is 0 Å². The first-order chi connectivity index (χ1) is 8.38. The molecule has 0 aromatic heterocycles. The topological polar surface area (TPSA) is 61.7 Å². The maximum absolute atomic E-state index is 11.9. The van der Waals surface area contributed by atoms with Crippen LogP contribution in [-0.2, 0) is 11.2 Å². The summed E-state index contributed by atoms with van der Waals surface area (Å²) in [6.45, 7) is 5.22. The summed E-state index contributed by atoms with van der Waals surface area (Å²) in [6.07, 6.45) is 0.379. The van der Waals surface area contributed by atoms with Crippen molar-refractivity contribution in [3.8, 4) is 0 Å². The van der Waals surface area contributed by atoms with Gasteiger partial charge in [0.2, 0.25) is 5.91 Å². The van der Waals surface area contributed by atoms with Crippen molar-refractivity contribution in [2.24, 2.45) is 10.5 Å². The van der Waals surface area contributed by atoms with Gasteiger partial charge in [-0.15, -0.1) is 0 Å². The van der Waals surface area contributed by atoms with Crippen LogP contribution >= 0.6 is 0 Å². The van der Waals surface area contributed by atoms with Crippen molar-refractivity contribution in [1.82, 2.24) is 5.43 Å². The Morgan fingerprint density at radius 2 is 1.89 bits per heavy atom. The van der Waals surface area contributed by atoms with Crippen molar-refractivity contribution in [2.45, 2.75) is 32.8 Å². The van der Waals surface area contributed by atoms with Crippen LogP contribution in [0.15, 0.2) is 35.4 Å². The second-order valence-corrected chi connectivity index (χ2v) is 5.29. The van der Waals surface area contributed by atoms with E-state index < -0.39 is 11.0 Å². The summed E-state index contributed by atoms with van der Waals surface area (Å²) in [7, 11) is 0. The fourth-order valence-electron chi connectivity index (χ4n) is 2.25. The molecule has 0 radical (unpaired) electrons. The zero-order chi connectivity index (χ0) is 13.4. The molecule has 1 aromatic rings. The average Bonchev–Trinajstić information content (AvgIpc) is 2.34. The van der Waals surface area contributed by atoms with E-state index in [9.17, 15) is 9.90 Å². The monoisotopic (exact) mass is 246 g/mol. The number of hydrazone groups is 1. The highest BCUT2D eigenvalue weighted by molar-refractivity contribution is 6.01. The average molecular weight is 246 g/mol. The minimum Gasteiger partial charge on any atom is -0.382 e. The third-order valence-electron chi connectivity index (χ3n) is 3.83. The van der Waals surface area contributed by atoms with E-state index in [1.807, 2.05) is 30.3 Å². The van der Waals surface area contributed by atoms with E-state index in [1.54, 1.807) is 20.8 Å². The number of benzene rings is 1. The molecule has 1 aromatic carbocycles. The Morgan fingerprint density at radius 1 is 1.28 bits per heavy atom. The van der Waals surface area contributed by atoms with E-state index in [-0.39, 0.29) is 5.91 Å². The SMILES string of the molecule is CC1=NNC(=O)C(C)(C)C1(O)Cc1ccccc1. The highest BCUT2D eigenvalue weighted by Gasteiger charge is 2.53. The fourth-order valence-corrected chi connectivity index (χ4v) is 2.25. The molecule has 96 valence electrons. The highest BCUT2D eigenvalue weighted by Crippen LogP contribution is 2.37. The second-order valence-electron chi connectivity index (χ2n) is 5.29. The zero-order valence-electron chi connectivity index (χ0n) is 10.9. The van der Waals surface area contributed by atoms with Crippen molar-refractivity contribution >= 4 is 11.6 Å². The number of rotatable bonds is 2.